The summed E-state index contributed by atoms with van der Waals surface area (Å²) >= 11 is 0. The van der Waals surface area contributed by atoms with Gasteiger partial charge in [0.1, 0.15) is 5.54 Å². The highest BCUT2D eigenvalue weighted by atomic mass is 16.2. The maximum Gasteiger partial charge on any atom is 0.325 e. The van der Waals surface area contributed by atoms with Gasteiger partial charge >= 0.3 is 6.03 Å². The van der Waals surface area contributed by atoms with Gasteiger partial charge < -0.3 is 5.32 Å². The van der Waals surface area contributed by atoms with Crippen LogP contribution in [0.25, 0.3) is 0 Å². The number of imide groups is 1. The molecule has 1 heterocycles. The summed E-state index contributed by atoms with van der Waals surface area (Å²) in [4.78, 5) is 36.4. The van der Waals surface area contributed by atoms with Gasteiger partial charge in [-0.1, -0.05) is 29.8 Å². The molecular formula is C16H20N4O3. The van der Waals surface area contributed by atoms with Crippen LogP contribution < -0.4 is 10.7 Å². The van der Waals surface area contributed by atoms with E-state index < -0.39 is 11.6 Å². The molecule has 1 aromatic carbocycles. The first-order valence-corrected chi connectivity index (χ1v) is 7.32. The van der Waals surface area contributed by atoms with Crippen molar-refractivity contribution in [3.05, 3.63) is 35.4 Å². The zero-order valence-corrected chi connectivity index (χ0v) is 13.4. The Morgan fingerprint density at radius 3 is 2.74 bits per heavy atom. The van der Waals surface area contributed by atoms with Gasteiger partial charge in [0.25, 0.3) is 5.91 Å². The number of hydrogen-bond donors (Lipinski definition) is 2. The molecule has 0 radical (unpaired) electrons. The highest BCUT2D eigenvalue weighted by molar-refractivity contribution is 6.06. The van der Waals surface area contributed by atoms with Crippen molar-refractivity contribution < 1.29 is 14.4 Å². The van der Waals surface area contributed by atoms with Gasteiger partial charge in [-0.3, -0.25) is 14.5 Å². The minimum atomic E-state index is -0.920. The molecule has 1 saturated heterocycles. The van der Waals surface area contributed by atoms with Crippen LogP contribution in [0.4, 0.5) is 4.79 Å². The molecule has 0 aromatic heterocycles. The van der Waals surface area contributed by atoms with Crippen molar-refractivity contribution >= 4 is 24.1 Å². The van der Waals surface area contributed by atoms with E-state index in [9.17, 15) is 14.4 Å². The zero-order chi connectivity index (χ0) is 17.0. The molecule has 2 rings (SSSR count). The maximum atomic E-state index is 12.0. The lowest BCUT2D eigenvalue weighted by Gasteiger charge is -2.15. The first-order valence-electron chi connectivity index (χ1n) is 7.32. The van der Waals surface area contributed by atoms with Crippen molar-refractivity contribution in [1.82, 2.24) is 15.6 Å². The van der Waals surface area contributed by atoms with Crippen molar-refractivity contribution in [1.29, 1.82) is 0 Å². The predicted octanol–water partition coefficient (Wildman–Crippen LogP) is 1.17. The van der Waals surface area contributed by atoms with E-state index in [1.54, 1.807) is 20.1 Å². The maximum absolute atomic E-state index is 12.0. The number of hydrogen-bond acceptors (Lipinski definition) is 4. The standard InChI is InChI=1S/C16H20N4O3/c1-11-5-4-6-12(9-11)10-17-19-13(21)7-8-20-14(22)16(2,3)18-15(20)23/h4-6,9-10H,7-8H2,1-3H3,(H,18,23)(H,19,21)/b17-10-. The molecule has 23 heavy (non-hydrogen) atoms. The van der Waals surface area contributed by atoms with Crippen molar-refractivity contribution in [2.24, 2.45) is 5.10 Å². The minimum Gasteiger partial charge on any atom is -0.324 e. The highest BCUT2D eigenvalue weighted by Crippen LogP contribution is 2.16. The molecule has 4 amide bonds. The van der Waals surface area contributed by atoms with Crippen molar-refractivity contribution in [3.8, 4) is 0 Å². The van der Waals surface area contributed by atoms with E-state index in [2.05, 4.69) is 15.8 Å². The lowest BCUT2D eigenvalue weighted by atomic mass is 10.1. The molecule has 7 heteroatoms. The average molecular weight is 316 g/mol. The molecule has 0 spiro atoms. The largest absolute Gasteiger partial charge is 0.325 e. The van der Waals surface area contributed by atoms with Crippen LogP contribution >= 0.6 is 0 Å². The number of aryl methyl sites for hydroxylation is 1. The molecule has 0 atom stereocenters. The zero-order valence-electron chi connectivity index (χ0n) is 13.4. The van der Waals surface area contributed by atoms with E-state index in [4.69, 9.17) is 0 Å². The Morgan fingerprint density at radius 2 is 2.13 bits per heavy atom. The summed E-state index contributed by atoms with van der Waals surface area (Å²) in [6.07, 6.45) is 1.54. The van der Waals surface area contributed by atoms with Gasteiger partial charge in [0.15, 0.2) is 0 Å². The second-order valence-corrected chi connectivity index (χ2v) is 5.97. The van der Waals surface area contributed by atoms with Crippen LogP contribution in [-0.4, -0.2) is 41.0 Å². The van der Waals surface area contributed by atoms with E-state index in [0.717, 1.165) is 16.0 Å². The number of hydrazone groups is 1. The van der Waals surface area contributed by atoms with E-state index in [1.165, 1.54) is 0 Å². The number of benzene rings is 1. The van der Waals surface area contributed by atoms with Crippen LogP contribution in [0.2, 0.25) is 0 Å². The molecule has 2 N–H and O–H groups in total. The molecule has 1 aromatic rings. The summed E-state index contributed by atoms with van der Waals surface area (Å²) in [6.45, 7) is 5.24. The number of rotatable bonds is 5. The quantitative estimate of drug-likeness (QED) is 0.485. The summed E-state index contributed by atoms with van der Waals surface area (Å²) in [6, 6.07) is 7.20. The van der Waals surface area contributed by atoms with E-state index in [1.807, 2.05) is 31.2 Å². The summed E-state index contributed by atoms with van der Waals surface area (Å²) < 4.78 is 0. The van der Waals surface area contributed by atoms with Crippen LogP contribution in [-0.2, 0) is 9.59 Å². The summed E-state index contributed by atoms with van der Waals surface area (Å²) in [5.41, 5.74) is 3.44. The topological polar surface area (TPSA) is 90.9 Å². The molecule has 1 fully saturated rings. The third-order valence-corrected chi connectivity index (χ3v) is 3.45. The Labute approximate surface area is 134 Å². The van der Waals surface area contributed by atoms with Gasteiger partial charge in [-0.15, -0.1) is 0 Å². The number of nitrogens with one attached hydrogen (secondary N) is 2. The van der Waals surface area contributed by atoms with Crippen LogP contribution in [0.5, 0.6) is 0 Å². The monoisotopic (exact) mass is 316 g/mol. The fraction of sp³-hybridized carbons (Fsp3) is 0.375. The minimum absolute atomic E-state index is 0.000394. The molecule has 0 saturated carbocycles. The molecule has 1 aliphatic heterocycles. The number of amides is 4. The van der Waals surface area contributed by atoms with Gasteiger partial charge in [0.05, 0.1) is 6.21 Å². The van der Waals surface area contributed by atoms with Gasteiger partial charge in [-0.2, -0.15) is 5.10 Å². The fourth-order valence-electron chi connectivity index (χ4n) is 2.22. The number of urea groups is 1. The average Bonchev–Trinajstić information content (AvgIpc) is 2.65. The Hall–Kier alpha value is -2.70. The first kappa shape index (κ1) is 16.7. The molecule has 0 unspecified atom stereocenters. The van der Waals surface area contributed by atoms with Crippen LogP contribution in [0.3, 0.4) is 0 Å². The second-order valence-electron chi connectivity index (χ2n) is 5.97. The first-order chi connectivity index (χ1) is 10.8. The summed E-state index contributed by atoms with van der Waals surface area (Å²) in [5.74, 6) is -0.697. The van der Waals surface area contributed by atoms with Crippen LogP contribution in [0, 0.1) is 6.92 Å². The van der Waals surface area contributed by atoms with E-state index in [-0.39, 0.29) is 24.8 Å². The smallest absolute Gasteiger partial charge is 0.324 e. The summed E-state index contributed by atoms with van der Waals surface area (Å²) in [7, 11) is 0. The number of nitrogens with zero attached hydrogens (tertiary/aromatic N) is 2. The van der Waals surface area contributed by atoms with Gasteiger partial charge in [-0.25, -0.2) is 10.2 Å². The molecule has 1 aliphatic rings. The lowest BCUT2D eigenvalue weighted by Crippen LogP contribution is -2.40. The van der Waals surface area contributed by atoms with E-state index in [0.29, 0.717) is 0 Å². The fourth-order valence-corrected chi connectivity index (χ4v) is 2.22. The normalized spacial score (nSPS) is 16.7. The Balaban J connectivity index is 1.82. The third-order valence-electron chi connectivity index (χ3n) is 3.45. The second kappa shape index (κ2) is 6.60. The number of carbonyl (C=O) groups is 3. The van der Waals surface area contributed by atoms with Gasteiger partial charge in [0.2, 0.25) is 5.91 Å². The molecule has 0 aliphatic carbocycles. The van der Waals surface area contributed by atoms with Crippen molar-refractivity contribution in [3.63, 3.8) is 0 Å². The Bertz CT molecular complexity index is 667. The van der Waals surface area contributed by atoms with Crippen molar-refractivity contribution in [2.75, 3.05) is 6.54 Å². The Kier molecular flexibility index (Phi) is 4.78. The van der Waals surface area contributed by atoms with Gasteiger partial charge in [0, 0.05) is 13.0 Å². The van der Waals surface area contributed by atoms with Crippen molar-refractivity contribution in [2.45, 2.75) is 32.7 Å². The van der Waals surface area contributed by atoms with Gasteiger partial charge in [-0.05, 0) is 26.3 Å². The third kappa shape index (κ3) is 4.15. The molecule has 122 valence electrons. The molecule has 7 nitrogen and oxygen atoms in total. The summed E-state index contributed by atoms with van der Waals surface area (Å²) in [5, 5.41) is 6.43. The SMILES string of the molecule is Cc1cccc(/C=N\NC(=O)CCN2C(=O)NC(C)(C)C2=O)c1. The number of carbonyl (C=O) groups excluding carboxylic acids is 3. The molecular weight excluding hydrogens is 296 g/mol. The van der Waals surface area contributed by atoms with Crippen LogP contribution in [0.1, 0.15) is 31.4 Å². The Morgan fingerprint density at radius 1 is 1.39 bits per heavy atom. The lowest BCUT2D eigenvalue weighted by molar-refractivity contribution is -0.130. The van der Waals surface area contributed by atoms with E-state index >= 15 is 0 Å². The predicted molar refractivity (Wildman–Crippen MR) is 85.9 cm³/mol. The van der Waals surface area contributed by atoms with Crippen LogP contribution in [0.15, 0.2) is 29.4 Å². The molecule has 0 bridgehead atoms. The highest BCUT2D eigenvalue weighted by Gasteiger charge is 2.43.